The zero-order chi connectivity index (χ0) is 24.7. The van der Waals surface area contributed by atoms with Gasteiger partial charge >= 0.3 is 0 Å². The number of hydrogen-bond acceptors (Lipinski definition) is 6. The SMILES string of the molecule is CCc1ccc(N(CC(C)C)S(=O)(=O)c2ccc(NCC3C4COC[C@@H]34)c(S(C)(=N)=O)c2)cc1. The Hall–Kier alpha value is -2.10. The first-order chi connectivity index (χ1) is 16.0. The molecular weight excluding hydrogens is 470 g/mol. The standard InChI is InChI=1S/C25H35N3O4S2/c1-5-18-6-8-19(9-7-18)28(14-17(2)3)34(30,31)20-10-11-24(25(12-20)33(4,26)29)27-13-21-22-15-32-16-23(21)22/h6-12,17,21-23,26-27H,5,13-16H2,1-4H3/t21?,22-,23?,33?/m0/s1. The summed E-state index contributed by atoms with van der Waals surface area (Å²) in [5.41, 5.74) is 2.30. The minimum atomic E-state index is -3.92. The molecule has 186 valence electrons. The molecule has 0 aromatic heterocycles. The Morgan fingerprint density at radius 1 is 1.09 bits per heavy atom. The van der Waals surface area contributed by atoms with E-state index < -0.39 is 19.8 Å². The minimum Gasteiger partial charge on any atom is -0.384 e. The third kappa shape index (κ3) is 5.11. The topological polar surface area (TPSA) is 99.6 Å². The summed E-state index contributed by atoms with van der Waals surface area (Å²) in [6, 6.07) is 12.2. The van der Waals surface area contributed by atoms with E-state index in [0.29, 0.717) is 42.2 Å². The van der Waals surface area contributed by atoms with Crippen molar-refractivity contribution >= 4 is 31.1 Å². The quantitative estimate of drug-likeness (QED) is 0.497. The number of rotatable bonds is 10. The molecule has 1 aliphatic heterocycles. The van der Waals surface area contributed by atoms with Crippen molar-refractivity contribution in [2.24, 2.45) is 23.7 Å². The van der Waals surface area contributed by atoms with Crippen molar-refractivity contribution in [3.8, 4) is 0 Å². The molecule has 2 N–H and O–H groups in total. The van der Waals surface area contributed by atoms with Gasteiger partial charge in [0.15, 0.2) is 0 Å². The van der Waals surface area contributed by atoms with Crippen molar-refractivity contribution < 1.29 is 17.4 Å². The van der Waals surface area contributed by atoms with Gasteiger partial charge in [0.25, 0.3) is 10.0 Å². The van der Waals surface area contributed by atoms with Crippen LogP contribution in [0.25, 0.3) is 0 Å². The summed E-state index contributed by atoms with van der Waals surface area (Å²) >= 11 is 0. The van der Waals surface area contributed by atoms with Crippen molar-refractivity contribution in [3.63, 3.8) is 0 Å². The Bertz CT molecular complexity index is 1230. The maximum absolute atomic E-state index is 13.8. The van der Waals surface area contributed by atoms with Crippen molar-refractivity contribution in [1.82, 2.24) is 0 Å². The fraction of sp³-hybridized carbons (Fsp3) is 0.520. The van der Waals surface area contributed by atoms with Gasteiger partial charge in [-0.3, -0.25) is 4.31 Å². The molecule has 2 fully saturated rings. The zero-order valence-electron chi connectivity index (χ0n) is 20.3. The number of ether oxygens (including phenoxy) is 1. The van der Waals surface area contributed by atoms with Gasteiger partial charge in [0.05, 0.1) is 44.1 Å². The number of aryl methyl sites for hydroxylation is 1. The molecule has 4 rings (SSSR count). The van der Waals surface area contributed by atoms with E-state index in [-0.39, 0.29) is 15.7 Å². The molecule has 4 atom stereocenters. The van der Waals surface area contributed by atoms with Crippen molar-refractivity contribution in [2.75, 3.05) is 42.2 Å². The summed E-state index contributed by atoms with van der Waals surface area (Å²) in [5.74, 6) is 1.76. The number of fused-ring (bicyclic) bond motifs is 1. The monoisotopic (exact) mass is 505 g/mol. The van der Waals surface area contributed by atoms with E-state index >= 15 is 0 Å². The Kier molecular flexibility index (Phi) is 6.99. The molecule has 7 nitrogen and oxygen atoms in total. The average molecular weight is 506 g/mol. The number of nitrogens with zero attached hydrogens (tertiary/aromatic N) is 1. The largest absolute Gasteiger partial charge is 0.384 e. The first-order valence-corrected chi connectivity index (χ1v) is 15.2. The minimum absolute atomic E-state index is 0.0479. The van der Waals surface area contributed by atoms with Crippen molar-refractivity contribution in [1.29, 1.82) is 4.78 Å². The smallest absolute Gasteiger partial charge is 0.264 e. The van der Waals surface area contributed by atoms with Gasteiger partial charge < -0.3 is 10.1 Å². The van der Waals surface area contributed by atoms with E-state index in [0.717, 1.165) is 25.2 Å². The molecule has 0 bridgehead atoms. The predicted molar refractivity (Wildman–Crippen MR) is 136 cm³/mol. The zero-order valence-corrected chi connectivity index (χ0v) is 21.9. The summed E-state index contributed by atoms with van der Waals surface area (Å²) < 4.78 is 55.4. The van der Waals surface area contributed by atoms with Crippen LogP contribution >= 0.6 is 0 Å². The summed E-state index contributed by atoms with van der Waals surface area (Å²) in [6.45, 7) is 8.60. The Morgan fingerprint density at radius 2 is 1.74 bits per heavy atom. The number of sulfonamides is 1. The lowest BCUT2D eigenvalue weighted by Crippen LogP contribution is -2.34. The molecule has 34 heavy (non-hydrogen) atoms. The average Bonchev–Trinajstić information content (AvgIpc) is 3.21. The van der Waals surface area contributed by atoms with Crippen LogP contribution in [0.15, 0.2) is 52.3 Å². The van der Waals surface area contributed by atoms with Crippen LogP contribution in [-0.2, 0) is 30.9 Å². The van der Waals surface area contributed by atoms with Gasteiger partial charge in [-0.05, 0) is 66.0 Å². The van der Waals surface area contributed by atoms with Gasteiger partial charge in [0, 0.05) is 19.3 Å². The molecular formula is C25H35N3O4S2. The summed E-state index contributed by atoms with van der Waals surface area (Å²) in [7, 11) is -7.07. The van der Waals surface area contributed by atoms with E-state index in [1.54, 1.807) is 12.1 Å². The highest BCUT2D eigenvalue weighted by atomic mass is 32.2. The summed E-state index contributed by atoms with van der Waals surface area (Å²) in [4.78, 5) is 0.272. The van der Waals surface area contributed by atoms with Crippen LogP contribution in [0.4, 0.5) is 11.4 Å². The second-order valence-corrected chi connectivity index (χ2v) is 13.9. The predicted octanol–water partition coefficient (Wildman–Crippen LogP) is 4.44. The maximum atomic E-state index is 13.8. The van der Waals surface area contributed by atoms with Crippen LogP contribution in [0.2, 0.25) is 0 Å². The molecule has 2 aromatic carbocycles. The molecule has 3 unspecified atom stereocenters. The number of hydrogen-bond donors (Lipinski definition) is 2. The van der Waals surface area contributed by atoms with E-state index in [9.17, 15) is 12.6 Å². The molecule has 9 heteroatoms. The maximum Gasteiger partial charge on any atom is 0.264 e. The van der Waals surface area contributed by atoms with Gasteiger partial charge in [-0.25, -0.2) is 17.4 Å². The van der Waals surface area contributed by atoms with E-state index in [4.69, 9.17) is 9.52 Å². The fourth-order valence-electron chi connectivity index (χ4n) is 4.72. The highest BCUT2D eigenvalue weighted by Gasteiger charge is 2.53. The fourth-order valence-corrected chi connectivity index (χ4v) is 7.36. The molecule has 1 heterocycles. The van der Waals surface area contributed by atoms with Crippen LogP contribution in [0, 0.1) is 28.5 Å². The third-order valence-electron chi connectivity index (χ3n) is 6.78. The lowest BCUT2D eigenvalue weighted by molar-refractivity contribution is 0.153. The van der Waals surface area contributed by atoms with Gasteiger partial charge in [0.2, 0.25) is 0 Å². The van der Waals surface area contributed by atoms with Gasteiger partial charge in [-0.15, -0.1) is 0 Å². The second-order valence-electron chi connectivity index (χ2n) is 9.86. The Morgan fingerprint density at radius 3 is 2.29 bits per heavy atom. The van der Waals surface area contributed by atoms with Crippen LogP contribution < -0.4 is 9.62 Å². The second kappa shape index (κ2) is 9.51. The van der Waals surface area contributed by atoms with Crippen molar-refractivity contribution in [2.45, 2.75) is 37.0 Å². The lowest BCUT2D eigenvalue weighted by atomic mass is 10.1. The van der Waals surface area contributed by atoms with Crippen molar-refractivity contribution in [3.05, 3.63) is 48.0 Å². The van der Waals surface area contributed by atoms with Crippen LogP contribution in [0.1, 0.15) is 26.3 Å². The normalized spacial score (nSPS) is 23.4. The van der Waals surface area contributed by atoms with Crippen LogP contribution in [0.3, 0.4) is 0 Å². The highest BCUT2D eigenvalue weighted by Crippen LogP contribution is 2.50. The molecule has 2 aliphatic rings. The molecule has 0 radical (unpaired) electrons. The molecule has 2 aromatic rings. The van der Waals surface area contributed by atoms with Crippen LogP contribution in [-0.4, -0.2) is 45.2 Å². The molecule has 0 spiro atoms. The molecule has 1 aliphatic carbocycles. The first-order valence-electron chi connectivity index (χ1n) is 11.8. The van der Waals surface area contributed by atoms with Gasteiger partial charge in [0.1, 0.15) is 0 Å². The van der Waals surface area contributed by atoms with Gasteiger partial charge in [-0.1, -0.05) is 32.9 Å². The van der Waals surface area contributed by atoms with E-state index in [2.05, 4.69) is 12.2 Å². The number of benzene rings is 2. The molecule has 1 saturated carbocycles. The van der Waals surface area contributed by atoms with Crippen LogP contribution in [0.5, 0.6) is 0 Å². The summed E-state index contributed by atoms with van der Waals surface area (Å²) in [6.07, 6.45) is 2.21. The van der Waals surface area contributed by atoms with E-state index in [1.807, 2.05) is 38.1 Å². The Balaban J connectivity index is 1.65. The van der Waals surface area contributed by atoms with Gasteiger partial charge in [-0.2, -0.15) is 0 Å². The highest BCUT2D eigenvalue weighted by molar-refractivity contribution is 7.93. The first kappa shape index (κ1) is 25.0. The Labute approximate surface area is 203 Å². The molecule has 0 amide bonds. The van der Waals surface area contributed by atoms with E-state index in [1.165, 1.54) is 16.6 Å². The lowest BCUT2D eigenvalue weighted by Gasteiger charge is -2.27. The number of anilines is 2. The molecule has 1 saturated heterocycles. The summed E-state index contributed by atoms with van der Waals surface area (Å²) in [5, 5.41) is 3.33. The third-order valence-corrected chi connectivity index (χ3v) is 9.75. The number of nitrogens with one attached hydrogen (secondary N) is 2.